The Bertz CT molecular complexity index is 969. The van der Waals surface area contributed by atoms with Gasteiger partial charge in [0.2, 0.25) is 11.8 Å². The SMILES string of the molecule is COC(=O)C(O)C(CC1COC1)NC(=O)[C@@H]1C2C(CN1C(=O)[C@@H](NC(=O)OC(C)(C)C)C1CCCCC1)C2(C)C. The highest BCUT2D eigenvalue weighted by atomic mass is 16.6. The minimum atomic E-state index is -1.54. The van der Waals surface area contributed by atoms with Gasteiger partial charge in [0.25, 0.3) is 0 Å². The Morgan fingerprint density at radius 1 is 1.07 bits per heavy atom. The second-order valence-electron chi connectivity index (χ2n) is 13.6. The Labute approximate surface area is 237 Å². The van der Waals surface area contributed by atoms with Crippen LogP contribution in [-0.2, 0) is 28.6 Å². The third kappa shape index (κ3) is 6.56. The zero-order valence-electron chi connectivity index (χ0n) is 24.7. The fraction of sp³-hybridized carbons (Fsp3) is 0.862. The second-order valence-corrected chi connectivity index (χ2v) is 13.6. The van der Waals surface area contributed by atoms with Crippen molar-refractivity contribution in [1.29, 1.82) is 0 Å². The molecular formula is C29H47N3O8. The van der Waals surface area contributed by atoms with Crippen LogP contribution < -0.4 is 10.6 Å². The van der Waals surface area contributed by atoms with Gasteiger partial charge in [-0.2, -0.15) is 0 Å². The number of ether oxygens (including phenoxy) is 3. The number of nitrogens with zero attached hydrogens (tertiary/aromatic N) is 1. The lowest BCUT2D eigenvalue weighted by atomic mass is 9.83. The van der Waals surface area contributed by atoms with Crippen molar-refractivity contribution in [3.05, 3.63) is 0 Å². The molecular weight excluding hydrogens is 518 g/mol. The third-order valence-corrected chi connectivity index (χ3v) is 9.27. The summed E-state index contributed by atoms with van der Waals surface area (Å²) in [5, 5.41) is 16.4. The lowest BCUT2D eigenvalue weighted by Crippen LogP contribution is -2.60. The van der Waals surface area contributed by atoms with Gasteiger partial charge in [0.15, 0.2) is 6.10 Å². The van der Waals surface area contributed by atoms with Crippen LogP contribution in [0.2, 0.25) is 0 Å². The molecule has 2 aliphatic carbocycles. The van der Waals surface area contributed by atoms with Crippen LogP contribution in [0, 0.1) is 29.1 Å². The molecule has 0 spiro atoms. The number of hydrogen-bond donors (Lipinski definition) is 3. The molecule has 0 aromatic rings. The topological polar surface area (TPSA) is 144 Å². The number of piperidine rings is 1. The number of carbonyl (C=O) groups is 4. The van der Waals surface area contributed by atoms with Gasteiger partial charge < -0.3 is 34.9 Å². The van der Waals surface area contributed by atoms with Crippen molar-refractivity contribution in [2.24, 2.45) is 29.1 Å². The second kappa shape index (κ2) is 11.8. The van der Waals surface area contributed by atoms with E-state index in [-0.39, 0.29) is 35.0 Å². The molecule has 0 bridgehead atoms. The molecule has 11 heteroatoms. The molecule has 0 aromatic heterocycles. The largest absolute Gasteiger partial charge is 0.467 e. The van der Waals surface area contributed by atoms with Crippen molar-refractivity contribution in [2.75, 3.05) is 26.9 Å². The number of rotatable bonds is 9. The minimum absolute atomic E-state index is 0.0464. The number of nitrogens with one attached hydrogen (secondary N) is 2. The molecule has 0 radical (unpaired) electrons. The van der Waals surface area contributed by atoms with Crippen molar-refractivity contribution in [3.8, 4) is 0 Å². The molecule has 2 saturated heterocycles. The van der Waals surface area contributed by atoms with Gasteiger partial charge in [-0.05, 0) is 63.2 Å². The Kier molecular flexibility index (Phi) is 9.04. The summed E-state index contributed by atoms with van der Waals surface area (Å²) in [4.78, 5) is 54.7. The van der Waals surface area contributed by atoms with Gasteiger partial charge in [-0.1, -0.05) is 33.1 Å². The first-order valence-electron chi connectivity index (χ1n) is 14.7. The van der Waals surface area contributed by atoms with E-state index in [4.69, 9.17) is 14.2 Å². The predicted octanol–water partition coefficient (Wildman–Crippen LogP) is 2.00. The first-order valence-corrected chi connectivity index (χ1v) is 14.7. The first kappa shape index (κ1) is 30.6. The highest BCUT2D eigenvalue weighted by Crippen LogP contribution is 2.65. The van der Waals surface area contributed by atoms with Gasteiger partial charge >= 0.3 is 12.1 Å². The normalized spacial score (nSPS) is 28.4. The van der Waals surface area contributed by atoms with Crippen LogP contribution in [0.3, 0.4) is 0 Å². The lowest BCUT2D eigenvalue weighted by molar-refractivity contribution is -0.154. The van der Waals surface area contributed by atoms with Crippen LogP contribution in [0.5, 0.6) is 0 Å². The van der Waals surface area contributed by atoms with Crippen molar-refractivity contribution in [2.45, 2.75) is 103 Å². The molecule has 2 heterocycles. The zero-order chi connectivity index (χ0) is 29.4. The number of aliphatic hydroxyl groups is 1. The minimum Gasteiger partial charge on any atom is -0.467 e. The van der Waals surface area contributed by atoms with Crippen LogP contribution in [0.25, 0.3) is 0 Å². The van der Waals surface area contributed by atoms with Crippen LogP contribution >= 0.6 is 0 Å². The van der Waals surface area contributed by atoms with Crippen LogP contribution in [-0.4, -0.2) is 90.6 Å². The predicted molar refractivity (Wildman–Crippen MR) is 145 cm³/mol. The highest BCUT2D eigenvalue weighted by molar-refractivity contribution is 5.93. The summed E-state index contributed by atoms with van der Waals surface area (Å²) >= 11 is 0. The quantitative estimate of drug-likeness (QED) is 0.360. The summed E-state index contributed by atoms with van der Waals surface area (Å²) in [6.07, 6.45) is 2.84. The zero-order valence-corrected chi connectivity index (χ0v) is 24.7. The maximum atomic E-state index is 14.2. The maximum absolute atomic E-state index is 14.2. The van der Waals surface area contributed by atoms with Crippen LogP contribution in [0.15, 0.2) is 0 Å². The van der Waals surface area contributed by atoms with E-state index >= 15 is 0 Å². The Balaban J connectivity index is 1.55. The van der Waals surface area contributed by atoms with E-state index in [0.717, 1.165) is 32.1 Å². The van der Waals surface area contributed by atoms with E-state index in [2.05, 4.69) is 24.5 Å². The van der Waals surface area contributed by atoms with E-state index < -0.39 is 47.8 Å². The Morgan fingerprint density at radius 2 is 1.73 bits per heavy atom. The summed E-state index contributed by atoms with van der Waals surface area (Å²) in [7, 11) is 1.19. The van der Waals surface area contributed by atoms with Crippen LogP contribution in [0.1, 0.15) is 73.1 Å². The van der Waals surface area contributed by atoms with E-state index in [1.54, 1.807) is 25.7 Å². The number of carbonyl (C=O) groups excluding carboxylic acids is 4. The molecule has 2 saturated carbocycles. The van der Waals surface area contributed by atoms with E-state index in [1.807, 2.05) is 0 Å². The first-order chi connectivity index (χ1) is 18.7. The number of hydrogen-bond acceptors (Lipinski definition) is 8. The number of likely N-dealkylation sites (tertiary alicyclic amines) is 1. The van der Waals surface area contributed by atoms with Gasteiger partial charge in [-0.25, -0.2) is 9.59 Å². The molecule has 3 N–H and O–H groups in total. The number of fused-ring (bicyclic) bond motifs is 1. The molecule has 4 fully saturated rings. The van der Waals surface area contributed by atoms with E-state index in [1.165, 1.54) is 7.11 Å². The molecule has 0 aromatic carbocycles. The standard InChI is InChI=1S/C29H47N3O8/c1-28(2,3)40-27(37)31-21(17-10-8-7-9-11-17)25(35)32-13-18-20(29(18,4)5)22(32)24(34)30-19(12-16-14-39-15-16)23(33)26(36)38-6/h16-23,33H,7-15H2,1-6H3,(H,30,34)(H,31,37)/t18?,19?,20?,21-,22-,23?/m0/s1. The molecule has 6 atom stereocenters. The van der Waals surface area contributed by atoms with Gasteiger partial charge in [-0.3, -0.25) is 9.59 Å². The molecule has 4 unspecified atom stereocenters. The molecule has 2 aliphatic heterocycles. The van der Waals surface area contributed by atoms with E-state index in [9.17, 15) is 24.3 Å². The Morgan fingerprint density at radius 3 is 2.27 bits per heavy atom. The molecule has 40 heavy (non-hydrogen) atoms. The van der Waals surface area contributed by atoms with Crippen molar-refractivity contribution in [3.63, 3.8) is 0 Å². The fourth-order valence-corrected chi connectivity index (χ4v) is 6.87. The number of methoxy groups -OCH3 is 1. The number of aliphatic hydroxyl groups excluding tert-OH is 1. The summed E-state index contributed by atoms with van der Waals surface area (Å²) in [5.41, 5.74) is -0.844. The molecule has 4 rings (SSSR count). The summed E-state index contributed by atoms with van der Waals surface area (Å²) in [6, 6.07) is -2.44. The maximum Gasteiger partial charge on any atom is 0.408 e. The van der Waals surface area contributed by atoms with Gasteiger partial charge in [-0.15, -0.1) is 0 Å². The fourth-order valence-electron chi connectivity index (χ4n) is 6.87. The summed E-state index contributed by atoms with van der Waals surface area (Å²) < 4.78 is 15.5. The van der Waals surface area contributed by atoms with Crippen molar-refractivity contribution < 1.29 is 38.5 Å². The van der Waals surface area contributed by atoms with Gasteiger partial charge in [0.1, 0.15) is 17.7 Å². The monoisotopic (exact) mass is 565 g/mol. The number of esters is 1. The lowest BCUT2D eigenvalue weighted by Gasteiger charge is -2.38. The molecule has 3 amide bonds. The molecule has 226 valence electrons. The molecule has 11 nitrogen and oxygen atoms in total. The molecule has 4 aliphatic rings. The van der Waals surface area contributed by atoms with Crippen LogP contribution in [0.4, 0.5) is 4.79 Å². The average molecular weight is 566 g/mol. The number of amides is 3. The van der Waals surface area contributed by atoms with Gasteiger partial charge in [0.05, 0.1) is 26.4 Å². The Hall–Kier alpha value is -2.40. The van der Waals surface area contributed by atoms with E-state index in [0.29, 0.717) is 26.2 Å². The summed E-state index contributed by atoms with van der Waals surface area (Å²) in [6.45, 7) is 10.9. The number of alkyl carbamates (subject to hydrolysis) is 1. The third-order valence-electron chi connectivity index (χ3n) is 9.27. The average Bonchev–Trinajstić information content (AvgIpc) is 3.19. The smallest absolute Gasteiger partial charge is 0.408 e. The summed E-state index contributed by atoms with van der Waals surface area (Å²) in [5.74, 6) is -1.37. The van der Waals surface area contributed by atoms with Crippen molar-refractivity contribution >= 4 is 23.9 Å². The van der Waals surface area contributed by atoms with Crippen molar-refractivity contribution in [1.82, 2.24) is 15.5 Å². The highest BCUT2D eigenvalue weighted by Gasteiger charge is 2.69. The van der Waals surface area contributed by atoms with Gasteiger partial charge in [0, 0.05) is 12.5 Å².